The molecule has 0 aromatic heterocycles. The van der Waals surface area contributed by atoms with Crippen molar-refractivity contribution in [3.8, 4) is 5.75 Å². The second-order valence-corrected chi connectivity index (χ2v) is 7.15. The summed E-state index contributed by atoms with van der Waals surface area (Å²) in [7, 11) is 0. The van der Waals surface area contributed by atoms with E-state index in [0.717, 1.165) is 32.0 Å². The van der Waals surface area contributed by atoms with Crippen LogP contribution in [0.2, 0.25) is 0 Å². The highest BCUT2D eigenvalue weighted by molar-refractivity contribution is 5.60. The van der Waals surface area contributed by atoms with Gasteiger partial charge in [0.2, 0.25) is 0 Å². The monoisotopic (exact) mass is 369 g/mol. The van der Waals surface area contributed by atoms with Gasteiger partial charge in [-0.3, -0.25) is 10.1 Å². The minimum Gasteiger partial charge on any atom is -0.493 e. The molecule has 0 amide bonds. The molecule has 27 heavy (non-hydrogen) atoms. The zero-order valence-electron chi connectivity index (χ0n) is 15.5. The largest absolute Gasteiger partial charge is 0.493 e. The number of nitrogens with zero attached hydrogens (tertiary/aromatic N) is 2. The third-order valence-electron chi connectivity index (χ3n) is 5.16. The number of rotatable bonds is 8. The maximum atomic E-state index is 10.9. The highest BCUT2D eigenvalue weighted by Crippen LogP contribution is 2.26. The molecule has 0 atom stereocenters. The Kier molecular flexibility index (Phi) is 6.65. The number of hydrogen-bond donors (Lipinski definition) is 1. The Morgan fingerprint density at radius 1 is 1.15 bits per heavy atom. The summed E-state index contributed by atoms with van der Waals surface area (Å²) in [4.78, 5) is 12.9. The predicted molar refractivity (Wildman–Crippen MR) is 107 cm³/mol. The molecule has 6 nitrogen and oxygen atoms in total. The molecule has 0 unspecified atom stereocenters. The van der Waals surface area contributed by atoms with Crippen LogP contribution in [0.5, 0.6) is 5.75 Å². The van der Waals surface area contributed by atoms with Crippen LogP contribution in [-0.2, 0) is 6.42 Å². The van der Waals surface area contributed by atoms with Crippen molar-refractivity contribution in [2.45, 2.75) is 25.7 Å². The molecule has 0 bridgehead atoms. The van der Waals surface area contributed by atoms with E-state index in [1.165, 1.54) is 37.0 Å². The fourth-order valence-electron chi connectivity index (χ4n) is 3.61. The molecule has 1 aliphatic heterocycles. The van der Waals surface area contributed by atoms with E-state index < -0.39 is 4.92 Å². The lowest BCUT2D eigenvalue weighted by atomic mass is 9.90. The van der Waals surface area contributed by atoms with Crippen molar-refractivity contribution >= 4 is 11.4 Å². The number of nitro benzene ring substituents is 1. The van der Waals surface area contributed by atoms with Crippen LogP contribution in [0, 0.1) is 16.0 Å². The number of anilines is 1. The molecule has 1 aliphatic rings. The smallest absolute Gasteiger partial charge is 0.295 e. The number of ether oxygens (including phenoxy) is 1. The van der Waals surface area contributed by atoms with E-state index in [-0.39, 0.29) is 11.4 Å². The highest BCUT2D eigenvalue weighted by atomic mass is 16.6. The Balaban J connectivity index is 1.35. The van der Waals surface area contributed by atoms with E-state index in [9.17, 15) is 10.1 Å². The van der Waals surface area contributed by atoms with E-state index in [2.05, 4.69) is 35.2 Å². The molecule has 1 fully saturated rings. The molecular formula is C21H27N3O3. The van der Waals surface area contributed by atoms with E-state index in [1.54, 1.807) is 6.07 Å². The minimum atomic E-state index is -0.484. The second-order valence-electron chi connectivity index (χ2n) is 7.15. The Bertz CT molecular complexity index is 744. The van der Waals surface area contributed by atoms with Gasteiger partial charge in [-0.15, -0.1) is 0 Å². The van der Waals surface area contributed by atoms with Gasteiger partial charge < -0.3 is 15.4 Å². The Morgan fingerprint density at radius 3 is 2.59 bits per heavy atom. The van der Waals surface area contributed by atoms with Crippen LogP contribution in [0.1, 0.15) is 24.8 Å². The number of nitrogen functional groups attached to an aromatic ring is 1. The summed E-state index contributed by atoms with van der Waals surface area (Å²) in [6.45, 7) is 3.80. The second kappa shape index (κ2) is 9.37. The van der Waals surface area contributed by atoms with Crippen LogP contribution < -0.4 is 10.5 Å². The fraction of sp³-hybridized carbons (Fsp3) is 0.429. The lowest BCUT2D eigenvalue weighted by Gasteiger charge is -2.32. The summed E-state index contributed by atoms with van der Waals surface area (Å²) in [6, 6.07) is 15.3. The first kappa shape index (κ1) is 19.2. The SMILES string of the molecule is Nc1ccc(OCCCN2CCC(Cc3ccccc3)CC2)cc1[N+](=O)[O-]. The molecule has 3 rings (SSSR count). The van der Waals surface area contributed by atoms with Gasteiger partial charge in [0.15, 0.2) is 0 Å². The third kappa shape index (κ3) is 5.69. The average molecular weight is 369 g/mol. The Labute approximate surface area is 160 Å². The van der Waals surface area contributed by atoms with Gasteiger partial charge in [-0.05, 0) is 62.4 Å². The molecule has 1 saturated heterocycles. The summed E-state index contributed by atoms with van der Waals surface area (Å²) in [5, 5.41) is 10.9. The Hall–Kier alpha value is -2.60. The Morgan fingerprint density at radius 2 is 1.89 bits per heavy atom. The first-order chi connectivity index (χ1) is 13.1. The maximum Gasteiger partial charge on any atom is 0.295 e. The van der Waals surface area contributed by atoms with Gasteiger partial charge in [-0.25, -0.2) is 0 Å². The van der Waals surface area contributed by atoms with Gasteiger partial charge in [0.1, 0.15) is 11.4 Å². The third-order valence-corrected chi connectivity index (χ3v) is 5.16. The van der Waals surface area contributed by atoms with Crippen LogP contribution in [0.15, 0.2) is 48.5 Å². The van der Waals surface area contributed by atoms with Crippen molar-refractivity contribution in [3.63, 3.8) is 0 Å². The van der Waals surface area contributed by atoms with E-state index in [4.69, 9.17) is 10.5 Å². The van der Waals surface area contributed by atoms with Crippen LogP contribution in [0.4, 0.5) is 11.4 Å². The number of nitrogens with two attached hydrogens (primary N) is 1. The zero-order valence-corrected chi connectivity index (χ0v) is 15.5. The average Bonchev–Trinajstić information content (AvgIpc) is 2.68. The number of benzene rings is 2. The standard InChI is InChI=1S/C21H27N3O3/c22-20-8-7-19(16-21(20)24(25)26)27-14-4-11-23-12-9-18(10-13-23)15-17-5-2-1-3-6-17/h1-3,5-8,16,18H,4,9-15,22H2. The number of hydrogen-bond acceptors (Lipinski definition) is 5. The molecule has 144 valence electrons. The number of nitro groups is 1. The van der Waals surface area contributed by atoms with Gasteiger partial charge in [0, 0.05) is 6.54 Å². The molecular weight excluding hydrogens is 342 g/mol. The molecule has 2 N–H and O–H groups in total. The first-order valence-electron chi connectivity index (χ1n) is 9.55. The van der Waals surface area contributed by atoms with Crippen LogP contribution >= 0.6 is 0 Å². The van der Waals surface area contributed by atoms with Gasteiger partial charge >= 0.3 is 0 Å². The van der Waals surface area contributed by atoms with E-state index in [1.807, 2.05) is 0 Å². The predicted octanol–water partition coefficient (Wildman–Crippen LogP) is 3.90. The summed E-state index contributed by atoms with van der Waals surface area (Å²) in [6.07, 6.45) is 4.55. The van der Waals surface area contributed by atoms with Gasteiger partial charge in [0.05, 0.1) is 17.6 Å². The van der Waals surface area contributed by atoms with Crippen molar-refractivity contribution in [1.29, 1.82) is 0 Å². The van der Waals surface area contributed by atoms with E-state index in [0.29, 0.717) is 12.4 Å². The molecule has 2 aromatic rings. The molecule has 0 spiro atoms. The van der Waals surface area contributed by atoms with Crippen molar-refractivity contribution < 1.29 is 9.66 Å². The molecule has 0 radical (unpaired) electrons. The van der Waals surface area contributed by atoms with Crippen LogP contribution in [-0.4, -0.2) is 36.1 Å². The van der Waals surface area contributed by atoms with Crippen LogP contribution in [0.3, 0.4) is 0 Å². The molecule has 6 heteroatoms. The maximum absolute atomic E-state index is 10.9. The highest BCUT2D eigenvalue weighted by Gasteiger charge is 2.19. The molecule has 1 heterocycles. The lowest BCUT2D eigenvalue weighted by Crippen LogP contribution is -2.35. The number of likely N-dealkylation sites (tertiary alicyclic amines) is 1. The lowest BCUT2D eigenvalue weighted by molar-refractivity contribution is -0.384. The normalized spacial score (nSPS) is 15.6. The van der Waals surface area contributed by atoms with Gasteiger partial charge in [0.25, 0.3) is 5.69 Å². The topological polar surface area (TPSA) is 81.6 Å². The number of piperidine rings is 1. The van der Waals surface area contributed by atoms with Crippen molar-refractivity contribution in [2.24, 2.45) is 5.92 Å². The van der Waals surface area contributed by atoms with Crippen molar-refractivity contribution in [3.05, 3.63) is 64.2 Å². The van der Waals surface area contributed by atoms with E-state index >= 15 is 0 Å². The minimum absolute atomic E-state index is 0.104. The summed E-state index contributed by atoms with van der Waals surface area (Å²) >= 11 is 0. The quantitative estimate of drug-likeness (QED) is 0.330. The fourth-order valence-corrected chi connectivity index (χ4v) is 3.61. The summed E-state index contributed by atoms with van der Waals surface area (Å²) in [5.41, 5.74) is 7.09. The molecule has 2 aromatic carbocycles. The molecule has 0 saturated carbocycles. The van der Waals surface area contributed by atoms with Crippen LogP contribution in [0.25, 0.3) is 0 Å². The summed E-state index contributed by atoms with van der Waals surface area (Å²) < 4.78 is 5.66. The van der Waals surface area contributed by atoms with Crippen molar-refractivity contribution in [2.75, 3.05) is 32.0 Å². The molecule has 0 aliphatic carbocycles. The summed E-state index contributed by atoms with van der Waals surface area (Å²) in [5.74, 6) is 1.27. The van der Waals surface area contributed by atoms with Gasteiger partial charge in [-0.2, -0.15) is 0 Å². The van der Waals surface area contributed by atoms with Crippen molar-refractivity contribution in [1.82, 2.24) is 4.90 Å². The van der Waals surface area contributed by atoms with Gasteiger partial charge in [-0.1, -0.05) is 30.3 Å². The zero-order chi connectivity index (χ0) is 19.1. The first-order valence-corrected chi connectivity index (χ1v) is 9.55.